The SMILES string of the molecule is CCN(C(=O)C(C)Sc1nc2ccccc2c(=O)n1CCCO)C1CCCCC1. The van der Waals surface area contributed by atoms with Crippen LogP contribution in [0.5, 0.6) is 0 Å². The molecule has 1 saturated carbocycles. The molecule has 1 aromatic carbocycles. The van der Waals surface area contributed by atoms with Crippen molar-refractivity contribution in [3.05, 3.63) is 34.6 Å². The molecule has 1 aliphatic rings. The van der Waals surface area contributed by atoms with E-state index in [0.717, 1.165) is 12.8 Å². The first kappa shape index (κ1) is 21.8. The van der Waals surface area contributed by atoms with Crippen molar-refractivity contribution in [3.63, 3.8) is 0 Å². The number of amides is 1. The summed E-state index contributed by atoms with van der Waals surface area (Å²) >= 11 is 1.34. The lowest BCUT2D eigenvalue weighted by Crippen LogP contribution is -2.44. The topological polar surface area (TPSA) is 75.4 Å². The Balaban J connectivity index is 1.87. The quantitative estimate of drug-likeness (QED) is 0.526. The van der Waals surface area contributed by atoms with Gasteiger partial charge in [0, 0.05) is 25.7 Å². The summed E-state index contributed by atoms with van der Waals surface area (Å²) in [5.41, 5.74) is 0.519. The summed E-state index contributed by atoms with van der Waals surface area (Å²) in [4.78, 5) is 32.9. The van der Waals surface area contributed by atoms with Gasteiger partial charge in [-0.3, -0.25) is 14.2 Å². The summed E-state index contributed by atoms with van der Waals surface area (Å²) in [5, 5.41) is 10.0. The van der Waals surface area contributed by atoms with Crippen molar-refractivity contribution in [2.75, 3.05) is 13.2 Å². The number of hydrogen-bond acceptors (Lipinski definition) is 5. The van der Waals surface area contributed by atoms with E-state index in [9.17, 15) is 14.7 Å². The Morgan fingerprint density at radius 2 is 2.03 bits per heavy atom. The van der Waals surface area contributed by atoms with Gasteiger partial charge in [0.2, 0.25) is 5.91 Å². The summed E-state index contributed by atoms with van der Waals surface area (Å²) < 4.78 is 1.60. The third-order valence-electron chi connectivity index (χ3n) is 5.64. The second-order valence-electron chi connectivity index (χ2n) is 7.62. The Hall–Kier alpha value is -1.86. The van der Waals surface area contributed by atoms with Gasteiger partial charge in [0.15, 0.2) is 5.16 Å². The van der Waals surface area contributed by atoms with Crippen molar-refractivity contribution in [2.45, 2.75) is 75.4 Å². The molecule has 2 aromatic rings. The van der Waals surface area contributed by atoms with Crippen LogP contribution >= 0.6 is 11.8 Å². The van der Waals surface area contributed by atoms with E-state index in [0.29, 0.717) is 41.6 Å². The Labute approximate surface area is 176 Å². The zero-order chi connectivity index (χ0) is 20.8. The molecule has 1 heterocycles. The third kappa shape index (κ3) is 5.01. The van der Waals surface area contributed by atoms with Gasteiger partial charge in [-0.1, -0.05) is 43.2 Å². The van der Waals surface area contributed by atoms with Crippen molar-refractivity contribution in [2.24, 2.45) is 0 Å². The number of rotatable bonds is 8. The summed E-state index contributed by atoms with van der Waals surface area (Å²) in [7, 11) is 0. The number of nitrogens with zero attached hydrogens (tertiary/aromatic N) is 3. The second-order valence-corrected chi connectivity index (χ2v) is 8.93. The molecule has 0 radical (unpaired) electrons. The Kier molecular flexibility index (Phi) is 7.72. The van der Waals surface area contributed by atoms with Gasteiger partial charge in [-0.15, -0.1) is 0 Å². The highest BCUT2D eigenvalue weighted by atomic mass is 32.2. The molecule has 1 atom stereocenters. The van der Waals surface area contributed by atoms with Crippen LogP contribution in [0.1, 0.15) is 52.4 Å². The summed E-state index contributed by atoms with van der Waals surface area (Å²) in [6.07, 6.45) is 6.24. The van der Waals surface area contributed by atoms with Gasteiger partial charge in [0.05, 0.1) is 16.2 Å². The van der Waals surface area contributed by atoms with E-state index < -0.39 is 0 Å². The summed E-state index contributed by atoms with van der Waals surface area (Å²) in [6.45, 7) is 5.03. The largest absolute Gasteiger partial charge is 0.396 e. The molecule has 7 heteroatoms. The van der Waals surface area contributed by atoms with Gasteiger partial charge in [-0.25, -0.2) is 4.98 Å². The molecule has 0 bridgehead atoms. The van der Waals surface area contributed by atoms with E-state index in [1.54, 1.807) is 10.6 Å². The van der Waals surface area contributed by atoms with Gasteiger partial charge in [0.1, 0.15) is 0 Å². The number of benzene rings is 1. The van der Waals surface area contributed by atoms with Crippen molar-refractivity contribution in [1.29, 1.82) is 0 Å². The molecule has 1 fully saturated rings. The highest BCUT2D eigenvalue weighted by Gasteiger charge is 2.29. The second kappa shape index (κ2) is 10.3. The minimum atomic E-state index is -0.328. The molecular formula is C22H31N3O3S. The van der Waals surface area contributed by atoms with Gasteiger partial charge in [-0.2, -0.15) is 0 Å². The van der Waals surface area contributed by atoms with E-state index in [2.05, 4.69) is 4.98 Å². The highest BCUT2D eigenvalue weighted by Crippen LogP contribution is 2.28. The Morgan fingerprint density at radius 1 is 1.31 bits per heavy atom. The van der Waals surface area contributed by atoms with Crippen LogP contribution in [0.15, 0.2) is 34.2 Å². The summed E-state index contributed by atoms with van der Waals surface area (Å²) in [5.74, 6) is 0.112. The minimum Gasteiger partial charge on any atom is -0.396 e. The number of carbonyl (C=O) groups is 1. The first-order valence-electron chi connectivity index (χ1n) is 10.6. The molecule has 158 valence electrons. The minimum absolute atomic E-state index is 0.00313. The highest BCUT2D eigenvalue weighted by molar-refractivity contribution is 8.00. The van der Waals surface area contributed by atoms with Gasteiger partial charge >= 0.3 is 0 Å². The van der Waals surface area contributed by atoms with Crippen LogP contribution in [0.4, 0.5) is 0 Å². The Morgan fingerprint density at radius 3 is 2.72 bits per heavy atom. The van der Waals surface area contributed by atoms with E-state index in [1.807, 2.05) is 36.9 Å². The van der Waals surface area contributed by atoms with Crippen molar-refractivity contribution in [3.8, 4) is 0 Å². The molecule has 0 saturated heterocycles. The molecule has 1 N–H and O–H groups in total. The lowest BCUT2D eigenvalue weighted by molar-refractivity contribution is -0.133. The molecule has 1 amide bonds. The van der Waals surface area contributed by atoms with Gasteiger partial charge in [0.25, 0.3) is 5.56 Å². The van der Waals surface area contributed by atoms with Crippen molar-refractivity contribution in [1.82, 2.24) is 14.5 Å². The molecule has 0 spiro atoms. The monoisotopic (exact) mass is 417 g/mol. The lowest BCUT2D eigenvalue weighted by Gasteiger charge is -2.35. The molecule has 1 aromatic heterocycles. The third-order valence-corrected chi connectivity index (χ3v) is 6.71. The number of para-hydroxylation sites is 1. The molecule has 3 rings (SSSR count). The molecule has 1 aliphatic carbocycles. The maximum atomic E-state index is 13.2. The van der Waals surface area contributed by atoms with Crippen LogP contribution < -0.4 is 5.56 Å². The molecular weight excluding hydrogens is 386 g/mol. The average Bonchev–Trinajstić information content (AvgIpc) is 2.75. The predicted molar refractivity (Wildman–Crippen MR) is 117 cm³/mol. The predicted octanol–water partition coefficient (Wildman–Crippen LogP) is 3.44. The first-order valence-corrected chi connectivity index (χ1v) is 11.5. The van der Waals surface area contributed by atoms with Gasteiger partial charge in [-0.05, 0) is 45.2 Å². The number of carbonyl (C=O) groups excluding carboxylic acids is 1. The van der Waals surface area contributed by atoms with Crippen LogP contribution in [-0.4, -0.2) is 49.9 Å². The van der Waals surface area contributed by atoms with E-state index >= 15 is 0 Å². The van der Waals surface area contributed by atoms with Crippen LogP contribution in [0.25, 0.3) is 10.9 Å². The van der Waals surface area contributed by atoms with Crippen LogP contribution in [0, 0.1) is 0 Å². The standard InChI is InChI=1S/C22H31N3O3S/c1-3-24(17-10-5-4-6-11-17)20(27)16(2)29-22-23-19-13-8-7-12-18(19)21(28)25(22)14-9-15-26/h7-8,12-13,16-17,26H,3-6,9-11,14-15H2,1-2H3. The number of thioether (sulfide) groups is 1. The normalized spacial score (nSPS) is 16.1. The molecule has 6 nitrogen and oxygen atoms in total. The zero-order valence-electron chi connectivity index (χ0n) is 17.3. The number of hydrogen-bond donors (Lipinski definition) is 1. The first-order chi connectivity index (χ1) is 14.1. The zero-order valence-corrected chi connectivity index (χ0v) is 18.2. The average molecular weight is 418 g/mol. The fraction of sp³-hybridized carbons (Fsp3) is 0.591. The maximum Gasteiger partial charge on any atom is 0.262 e. The summed E-state index contributed by atoms with van der Waals surface area (Å²) in [6, 6.07) is 7.60. The number of aliphatic hydroxyl groups is 1. The van der Waals surface area contributed by atoms with E-state index in [4.69, 9.17) is 0 Å². The molecule has 1 unspecified atom stereocenters. The fourth-order valence-electron chi connectivity index (χ4n) is 4.09. The van der Waals surface area contributed by atoms with Crippen LogP contribution in [0.2, 0.25) is 0 Å². The maximum absolute atomic E-state index is 13.2. The Bertz CT molecular complexity index is 892. The van der Waals surface area contributed by atoms with E-state index in [-0.39, 0.29) is 23.3 Å². The number of aromatic nitrogens is 2. The lowest BCUT2D eigenvalue weighted by atomic mass is 9.94. The van der Waals surface area contributed by atoms with Crippen LogP contribution in [-0.2, 0) is 11.3 Å². The van der Waals surface area contributed by atoms with Crippen LogP contribution in [0.3, 0.4) is 0 Å². The van der Waals surface area contributed by atoms with Crippen molar-refractivity contribution >= 4 is 28.6 Å². The smallest absolute Gasteiger partial charge is 0.262 e. The molecule has 0 aliphatic heterocycles. The van der Waals surface area contributed by atoms with Gasteiger partial charge < -0.3 is 10.0 Å². The van der Waals surface area contributed by atoms with E-state index in [1.165, 1.54) is 31.0 Å². The number of aliphatic hydroxyl groups excluding tert-OH is 1. The van der Waals surface area contributed by atoms with Crippen molar-refractivity contribution < 1.29 is 9.90 Å². The molecule has 29 heavy (non-hydrogen) atoms. The fourth-order valence-corrected chi connectivity index (χ4v) is 5.10. The number of fused-ring (bicyclic) bond motifs is 1.